The van der Waals surface area contributed by atoms with Gasteiger partial charge >= 0.3 is 34.7 Å². The van der Waals surface area contributed by atoms with Crippen LogP contribution in [0.25, 0.3) is 0 Å². The quantitative estimate of drug-likeness (QED) is 0.0986. The third kappa shape index (κ3) is 2840. The molecule has 0 aromatic carbocycles. The van der Waals surface area contributed by atoms with Crippen molar-refractivity contribution in [3.63, 3.8) is 0 Å². The van der Waals surface area contributed by atoms with Crippen molar-refractivity contribution in [1.29, 1.82) is 0 Å². The van der Waals surface area contributed by atoms with E-state index in [1.54, 1.807) is 0 Å². The Morgan fingerprint density at radius 2 is 0.312 bits per heavy atom. The molecule has 0 unspecified atom stereocenters. The van der Waals surface area contributed by atoms with Crippen LogP contribution in [0.4, 0.5) is 0 Å². The van der Waals surface area contributed by atoms with Crippen molar-refractivity contribution in [2.75, 3.05) is 26.2 Å². The molecule has 1 aliphatic heterocycles. The normalized spacial score (nSPS) is 7.83. The molecule has 1 fully saturated rings. The van der Waals surface area contributed by atoms with Gasteiger partial charge in [-0.15, -0.1) is 0 Å². The molecular formula is C4H64Al2N2O36S4+12. The zero-order valence-corrected chi connectivity index (χ0v) is 29.8. The van der Waals surface area contributed by atoms with Crippen molar-refractivity contribution < 1.29 is 190 Å². The molecule has 1 saturated heterocycles. The van der Waals surface area contributed by atoms with E-state index in [-0.39, 0.29) is 144 Å². The fraction of sp³-hybridized carbons (Fsp3) is 1.00. The molecule has 0 radical (unpaired) electrons. The van der Waals surface area contributed by atoms with Gasteiger partial charge in [0, 0.05) is 41.6 Å². The van der Waals surface area contributed by atoms with Gasteiger partial charge < -0.3 is 157 Å². The Morgan fingerprint density at radius 1 is 0.271 bits per heavy atom. The van der Waals surface area contributed by atoms with Crippen LogP contribution in [0.15, 0.2) is 0 Å². The SMILES string of the molecule is C1C[NH2+]CC[NH2+]1.O.O.O.O.O.O.O.O.O=S(=O)([O-])[O-].O=S(=O)([O-])[O-].O=S(=O)([O-])[O-].O=S(=O)([O-])[O-].[Al+3].[Al+3].[OH3+].[OH3+].[OH3+].[OH3+].[OH3+].[OH3+].[OH3+].[OH3+].[OH3+].[OH3+].[OH3+].[OH3+]. The van der Waals surface area contributed by atoms with Gasteiger partial charge in [0.15, 0.2) is 0 Å². The first-order valence-corrected chi connectivity index (χ1v) is 10.6. The molecule has 56 N–H and O–H groups in total. The van der Waals surface area contributed by atoms with Crippen LogP contribution >= 0.6 is 0 Å². The second-order valence-corrected chi connectivity index (χ2v) is 6.63. The summed E-state index contributed by atoms with van der Waals surface area (Å²) in [5.74, 6) is 0. The third-order valence-electron chi connectivity index (χ3n) is 1.15. The first-order chi connectivity index (χ1) is 11.0. The summed E-state index contributed by atoms with van der Waals surface area (Å²) in [6.45, 7) is 5.28. The smallest absolute Gasteiger partial charge is 0.759 e. The number of quaternary nitrogens is 2. The molecule has 1 aliphatic rings. The van der Waals surface area contributed by atoms with E-state index in [0.29, 0.717) is 0 Å². The summed E-state index contributed by atoms with van der Waals surface area (Å²) in [6, 6.07) is 0. The van der Waals surface area contributed by atoms with E-state index in [0.717, 1.165) is 0 Å². The van der Waals surface area contributed by atoms with Gasteiger partial charge in [0.1, 0.15) is 26.2 Å². The molecule has 0 atom stereocenters. The van der Waals surface area contributed by atoms with E-state index in [1.807, 2.05) is 0 Å². The minimum atomic E-state index is -5.17. The van der Waals surface area contributed by atoms with Crippen molar-refractivity contribution in [2.45, 2.75) is 0 Å². The van der Waals surface area contributed by atoms with E-state index in [4.69, 9.17) is 70.1 Å². The molecule has 0 amide bonds. The maximum Gasteiger partial charge on any atom is 3.00 e. The van der Waals surface area contributed by atoms with Crippen molar-refractivity contribution in [3.05, 3.63) is 0 Å². The minimum Gasteiger partial charge on any atom is -0.759 e. The second kappa shape index (κ2) is 111. The Bertz CT molecular complexity index is 588. The maximum atomic E-state index is 8.52. The average Bonchev–Trinajstić information content (AvgIpc) is 2.21. The Kier molecular flexibility index (Phi) is 509. The number of piperazine rings is 1. The fourth-order valence-electron chi connectivity index (χ4n) is 0.760. The Balaban J connectivity index is -0.00000000472. The molecule has 38 nitrogen and oxygen atoms in total. The molecule has 324 valence electrons. The largest absolute Gasteiger partial charge is 3.00 e. The van der Waals surface area contributed by atoms with E-state index >= 15 is 0 Å². The zero-order chi connectivity index (χ0) is 22.2. The summed E-state index contributed by atoms with van der Waals surface area (Å²) in [6.07, 6.45) is 0. The fourth-order valence-corrected chi connectivity index (χ4v) is 0.760. The summed E-state index contributed by atoms with van der Waals surface area (Å²) < 4.78 is 136. The van der Waals surface area contributed by atoms with Crippen molar-refractivity contribution in [3.8, 4) is 0 Å². The van der Waals surface area contributed by atoms with Crippen molar-refractivity contribution in [2.24, 2.45) is 0 Å². The molecule has 0 aliphatic carbocycles. The predicted octanol–water partition coefficient (Wildman–Crippen LogP) is -26.6. The van der Waals surface area contributed by atoms with Crippen LogP contribution in [0, 0.1) is 0 Å². The molecule has 1 rings (SSSR count). The van der Waals surface area contributed by atoms with Gasteiger partial charge in [-0.25, -0.2) is 0 Å². The van der Waals surface area contributed by atoms with Gasteiger partial charge in [-0.3, -0.25) is 33.7 Å². The Morgan fingerprint density at radius 3 is 0.333 bits per heavy atom. The average molecular weight is 899 g/mol. The number of hydrogen-bond acceptors (Lipinski definition) is 16. The van der Waals surface area contributed by atoms with Crippen LogP contribution in [0.1, 0.15) is 0 Å². The Hall–Kier alpha value is -0.335. The van der Waals surface area contributed by atoms with E-state index in [2.05, 4.69) is 10.6 Å². The van der Waals surface area contributed by atoms with E-state index in [9.17, 15) is 0 Å². The second-order valence-electron chi connectivity index (χ2n) is 3.37. The molecule has 0 saturated carbocycles. The first kappa shape index (κ1) is 221. The van der Waals surface area contributed by atoms with Gasteiger partial charge in [0.2, 0.25) is 0 Å². The summed E-state index contributed by atoms with van der Waals surface area (Å²) in [5, 5.41) is 4.72. The summed E-state index contributed by atoms with van der Waals surface area (Å²) >= 11 is 0. The maximum absolute atomic E-state index is 8.52. The monoisotopic (exact) mass is 898 g/mol. The molecule has 0 spiro atoms. The number of rotatable bonds is 0. The van der Waals surface area contributed by atoms with Gasteiger partial charge in [0.05, 0.1) is 0 Å². The van der Waals surface area contributed by atoms with Gasteiger partial charge in [-0.05, 0) is 0 Å². The van der Waals surface area contributed by atoms with Crippen LogP contribution in [0.3, 0.4) is 0 Å². The molecule has 0 aromatic heterocycles. The van der Waals surface area contributed by atoms with Gasteiger partial charge in [-0.2, -0.15) is 0 Å². The van der Waals surface area contributed by atoms with Crippen LogP contribution in [0.5, 0.6) is 0 Å². The first-order valence-electron chi connectivity index (χ1n) is 5.30. The summed E-state index contributed by atoms with van der Waals surface area (Å²) in [7, 11) is -20.7. The molecule has 1 heterocycles. The third-order valence-corrected chi connectivity index (χ3v) is 1.15. The molecule has 0 bridgehead atoms. The molecule has 44 heteroatoms. The van der Waals surface area contributed by atoms with E-state index in [1.165, 1.54) is 26.2 Å². The van der Waals surface area contributed by atoms with Gasteiger partial charge in [-0.1, -0.05) is 0 Å². The minimum absolute atomic E-state index is 0. The van der Waals surface area contributed by atoms with Crippen LogP contribution < -0.4 is 10.6 Å². The predicted molar refractivity (Wildman–Crippen MR) is 164 cm³/mol. The number of hydrogen-bond donors (Lipinski definition) is 2. The summed E-state index contributed by atoms with van der Waals surface area (Å²) in [4.78, 5) is 0. The van der Waals surface area contributed by atoms with Crippen molar-refractivity contribution >= 4 is 76.3 Å². The molecular weight excluding hydrogens is 834 g/mol. The van der Waals surface area contributed by atoms with E-state index < -0.39 is 41.6 Å². The van der Waals surface area contributed by atoms with Gasteiger partial charge in [0.25, 0.3) is 0 Å². The Labute approximate surface area is 292 Å². The van der Waals surface area contributed by atoms with Crippen LogP contribution in [0.2, 0.25) is 0 Å². The zero-order valence-electron chi connectivity index (χ0n) is 24.2. The standard InChI is InChI=1S/C4H10N2.2Al.4H2O4S.20H2O/c1-2-6-4-3-5-1;;;4*1-5(2,3)4;;;;;;;;;;;;;;;;;;;;/h5-6H,1-4H2;;;4*(H2,1,2,3,4);20*1H2/q;2*+3;;;;;;;;;;;;;;;;;;;;;;;;/p+6. The molecule has 48 heavy (non-hydrogen) atoms. The summed E-state index contributed by atoms with van der Waals surface area (Å²) in [5.41, 5.74) is 0. The topological polar surface area (TPSA) is 1000 Å². The van der Waals surface area contributed by atoms with Crippen LogP contribution in [-0.2, 0) is 107 Å². The van der Waals surface area contributed by atoms with Crippen LogP contribution in [-0.4, -0.2) is 175 Å². The number of nitrogens with two attached hydrogens (primary N) is 2. The molecule has 0 aromatic rings. The van der Waals surface area contributed by atoms with Crippen molar-refractivity contribution in [1.82, 2.24) is 0 Å².